The molecular formula is C20H23F3N4O4S. The van der Waals surface area contributed by atoms with E-state index >= 15 is 0 Å². The molecular weight excluding hydrogens is 449 g/mol. The average molecular weight is 472 g/mol. The Kier molecular flexibility index (Phi) is 5.70. The second kappa shape index (κ2) is 8.07. The van der Waals surface area contributed by atoms with Gasteiger partial charge >= 0.3 is 12.1 Å². The van der Waals surface area contributed by atoms with Crippen LogP contribution in [0.3, 0.4) is 0 Å². The first-order chi connectivity index (χ1) is 15.0. The van der Waals surface area contributed by atoms with Crippen molar-refractivity contribution in [3.63, 3.8) is 0 Å². The largest absolute Gasteiger partial charge is 0.508 e. The molecule has 8 nitrogen and oxygen atoms in total. The number of halogens is 3. The number of aromatic hydroxyl groups is 1. The summed E-state index contributed by atoms with van der Waals surface area (Å²) in [6.45, 7) is 0.106. The summed E-state index contributed by atoms with van der Waals surface area (Å²) in [6, 6.07) is 3.63. The van der Waals surface area contributed by atoms with Crippen molar-refractivity contribution in [1.29, 1.82) is 0 Å². The number of benzene rings is 1. The number of phenols is 1. The van der Waals surface area contributed by atoms with Gasteiger partial charge in [-0.1, -0.05) is 6.07 Å². The number of sulfonamides is 1. The first-order valence-corrected chi connectivity index (χ1v) is 11.6. The van der Waals surface area contributed by atoms with E-state index < -0.39 is 28.1 Å². The van der Waals surface area contributed by atoms with Crippen LogP contribution in [0.1, 0.15) is 30.0 Å². The Labute approximate surface area is 183 Å². The maximum absolute atomic E-state index is 13.3. The number of piperidine rings is 1. The van der Waals surface area contributed by atoms with Crippen LogP contribution in [0.25, 0.3) is 0 Å². The van der Waals surface area contributed by atoms with Crippen LogP contribution < -0.4 is 0 Å². The van der Waals surface area contributed by atoms with Crippen LogP contribution in [0, 0.1) is 5.92 Å². The lowest BCUT2D eigenvalue weighted by Gasteiger charge is -2.44. The third-order valence-corrected chi connectivity index (χ3v) is 7.92. The highest BCUT2D eigenvalue weighted by Gasteiger charge is 2.48. The molecule has 1 atom stereocenters. The molecule has 1 amide bonds. The number of aryl methyl sites for hydroxylation is 1. The molecule has 0 bridgehead atoms. The monoisotopic (exact) mass is 472 g/mol. The molecule has 1 N–H and O–H groups in total. The number of imidazole rings is 1. The number of fused-ring (bicyclic) bond motifs is 1. The zero-order chi connectivity index (χ0) is 23.3. The molecule has 12 heteroatoms. The lowest BCUT2D eigenvalue weighted by molar-refractivity contribution is -0.190. The third kappa shape index (κ3) is 4.08. The third-order valence-electron chi connectivity index (χ3n) is 6.14. The maximum Gasteiger partial charge on any atom is 0.471 e. The van der Waals surface area contributed by atoms with E-state index in [2.05, 4.69) is 4.98 Å². The molecule has 174 valence electrons. The smallest absolute Gasteiger partial charge is 0.471 e. The van der Waals surface area contributed by atoms with Crippen LogP contribution in [0.4, 0.5) is 13.2 Å². The molecule has 0 radical (unpaired) electrons. The van der Waals surface area contributed by atoms with Gasteiger partial charge in [0.2, 0.25) is 0 Å². The van der Waals surface area contributed by atoms with Gasteiger partial charge in [0.05, 0.1) is 12.4 Å². The molecule has 0 aliphatic carbocycles. The predicted octanol–water partition coefficient (Wildman–Crippen LogP) is 2.21. The number of nitrogens with zero attached hydrogens (tertiary/aromatic N) is 4. The fourth-order valence-corrected chi connectivity index (χ4v) is 6.07. The van der Waals surface area contributed by atoms with Crippen LogP contribution in [0.5, 0.6) is 5.75 Å². The Hall–Kier alpha value is -2.60. The lowest BCUT2D eigenvalue weighted by atomic mass is 9.80. The van der Waals surface area contributed by atoms with Gasteiger partial charge in [-0.15, -0.1) is 0 Å². The molecule has 32 heavy (non-hydrogen) atoms. The van der Waals surface area contributed by atoms with Crippen LogP contribution in [-0.4, -0.2) is 64.0 Å². The average Bonchev–Trinajstić information content (AvgIpc) is 3.19. The highest BCUT2D eigenvalue weighted by atomic mass is 32.2. The predicted molar refractivity (Wildman–Crippen MR) is 107 cm³/mol. The number of phenolic OH excluding ortho intramolecular Hbond substituents is 1. The summed E-state index contributed by atoms with van der Waals surface area (Å²) >= 11 is 0. The molecule has 1 unspecified atom stereocenters. The van der Waals surface area contributed by atoms with Crippen molar-refractivity contribution in [3.8, 4) is 5.75 Å². The molecule has 3 heterocycles. The van der Waals surface area contributed by atoms with Crippen LogP contribution in [0.2, 0.25) is 0 Å². The topological polar surface area (TPSA) is 95.7 Å². The van der Waals surface area contributed by atoms with Crippen LogP contribution in [0.15, 0.2) is 35.7 Å². The van der Waals surface area contributed by atoms with E-state index in [1.807, 2.05) is 0 Å². The fourth-order valence-electron chi connectivity index (χ4n) is 4.63. The van der Waals surface area contributed by atoms with Crippen molar-refractivity contribution in [3.05, 3.63) is 41.9 Å². The summed E-state index contributed by atoms with van der Waals surface area (Å²) in [5.74, 6) is -2.25. The van der Waals surface area contributed by atoms with E-state index in [0.29, 0.717) is 24.0 Å². The second-order valence-electron chi connectivity index (χ2n) is 8.19. The number of alkyl halides is 3. The zero-order valence-corrected chi connectivity index (χ0v) is 18.1. The molecule has 1 aromatic heterocycles. The molecule has 2 aliphatic heterocycles. The SMILES string of the molecule is Cn1cnc(S(=O)(=O)N2CCC(C3c4ccc(O)cc4CCN3C(=O)C(F)(F)F)CC2)c1. The Morgan fingerprint density at radius 2 is 1.88 bits per heavy atom. The molecule has 1 saturated heterocycles. The van der Waals surface area contributed by atoms with Crippen molar-refractivity contribution >= 4 is 15.9 Å². The van der Waals surface area contributed by atoms with Crippen LogP contribution in [-0.2, 0) is 28.3 Å². The van der Waals surface area contributed by atoms with Gasteiger partial charge in [0.1, 0.15) is 5.75 Å². The standard InChI is InChI=1S/C20H23F3N4O4S/c1-25-11-17(24-12-25)32(30,31)26-7-4-13(5-8-26)18-16-3-2-15(28)10-14(16)6-9-27(18)19(29)20(21,22)23/h2-3,10-13,18,28H,4-9H2,1H3. The molecule has 2 aromatic rings. The summed E-state index contributed by atoms with van der Waals surface area (Å²) in [7, 11) is -2.15. The van der Waals surface area contributed by atoms with E-state index in [9.17, 15) is 31.5 Å². The van der Waals surface area contributed by atoms with Crippen molar-refractivity contribution in [2.24, 2.45) is 13.0 Å². The highest BCUT2D eigenvalue weighted by Crippen LogP contribution is 2.43. The second-order valence-corrected chi connectivity index (χ2v) is 10.1. The van der Waals surface area contributed by atoms with Gasteiger partial charge in [-0.2, -0.15) is 17.5 Å². The van der Waals surface area contributed by atoms with Gasteiger partial charge in [0, 0.05) is 32.9 Å². The fraction of sp³-hybridized carbons (Fsp3) is 0.500. The number of rotatable bonds is 3. The number of hydrogen-bond acceptors (Lipinski definition) is 5. The summed E-state index contributed by atoms with van der Waals surface area (Å²) in [5.41, 5.74) is 1.27. The van der Waals surface area contributed by atoms with Crippen molar-refractivity contribution < 1.29 is 31.5 Å². The quantitative estimate of drug-likeness (QED) is 0.739. The summed E-state index contributed by atoms with van der Waals surface area (Å²) < 4.78 is 68.4. The van der Waals surface area contributed by atoms with Gasteiger partial charge in [0.25, 0.3) is 10.0 Å². The van der Waals surface area contributed by atoms with Gasteiger partial charge < -0.3 is 14.6 Å². The first kappa shape index (κ1) is 22.6. The Morgan fingerprint density at radius 1 is 1.19 bits per heavy atom. The summed E-state index contributed by atoms with van der Waals surface area (Å²) in [6.07, 6.45) is -1.44. The van der Waals surface area contributed by atoms with E-state index in [0.717, 1.165) is 4.90 Å². The highest BCUT2D eigenvalue weighted by molar-refractivity contribution is 7.89. The van der Waals surface area contributed by atoms with Gasteiger partial charge in [0.15, 0.2) is 5.03 Å². The first-order valence-electron chi connectivity index (χ1n) is 10.2. The van der Waals surface area contributed by atoms with E-state index in [1.165, 1.54) is 33.5 Å². The maximum atomic E-state index is 13.3. The van der Waals surface area contributed by atoms with Gasteiger partial charge in [-0.25, -0.2) is 13.4 Å². The molecule has 1 fully saturated rings. The summed E-state index contributed by atoms with van der Waals surface area (Å²) in [4.78, 5) is 17.0. The molecule has 2 aliphatic rings. The van der Waals surface area contributed by atoms with E-state index in [4.69, 9.17) is 0 Å². The van der Waals surface area contributed by atoms with Crippen molar-refractivity contribution in [1.82, 2.24) is 18.8 Å². The normalized spacial score (nSPS) is 20.9. The Morgan fingerprint density at radius 3 is 2.47 bits per heavy atom. The minimum atomic E-state index is -5.00. The van der Waals surface area contributed by atoms with Crippen molar-refractivity contribution in [2.75, 3.05) is 19.6 Å². The minimum Gasteiger partial charge on any atom is -0.508 e. The number of carbonyl (C=O) groups is 1. The Balaban J connectivity index is 1.60. The van der Waals surface area contributed by atoms with Gasteiger partial charge in [-0.3, -0.25) is 4.79 Å². The number of amides is 1. The molecule has 1 aromatic carbocycles. The zero-order valence-electron chi connectivity index (χ0n) is 17.3. The van der Waals surface area contributed by atoms with Crippen LogP contribution >= 0.6 is 0 Å². The molecule has 0 saturated carbocycles. The van der Waals surface area contributed by atoms with E-state index in [-0.39, 0.29) is 42.7 Å². The van der Waals surface area contributed by atoms with Crippen molar-refractivity contribution in [2.45, 2.75) is 36.5 Å². The van der Waals surface area contributed by atoms with E-state index in [1.54, 1.807) is 13.1 Å². The molecule has 4 rings (SSSR count). The van der Waals surface area contributed by atoms with Gasteiger partial charge in [-0.05, 0) is 48.4 Å². The lowest BCUT2D eigenvalue weighted by Crippen LogP contribution is -2.50. The number of hydrogen-bond donors (Lipinski definition) is 1. The Bertz CT molecular complexity index is 1120. The summed E-state index contributed by atoms with van der Waals surface area (Å²) in [5, 5.41) is 9.70. The number of aromatic nitrogens is 2. The molecule has 0 spiro atoms. The minimum absolute atomic E-state index is 0.00868. The number of carbonyl (C=O) groups excluding carboxylic acids is 1.